The van der Waals surface area contributed by atoms with Crippen molar-refractivity contribution in [2.24, 2.45) is 5.92 Å². The molecule has 0 amide bonds. The van der Waals surface area contributed by atoms with Crippen LogP contribution in [-0.4, -0.2) is 25.2 Å². The fourth-order valence-corrected chi connectivity index (χ4v) is 1.65. The molecule has 0 unspecified atom stereocenters. The number of nitrogens with one attached hydrogen (secondary N) is 1. The van der Waals surface area contributed by atoms with Crippen molar-refractivity contribution in [2.45, 2.75) is 45.6 Å². The minimum atomic E-state index is -0.0637. The van der Waals surface area contributed by atoms with Crippen molar-refractivity contribution in [2.75, 3.05) is 13.2 Å². The Bertz CT molecular complexity index is 174. The summed E-state index contributed by atoms with van der Waals surface area (Å²) in [5.74, 6) is 0.629. The van der Waals surface area contributed by atoms with Gasteiger partial charge in [-0.25, -0.2) is 0 Å². The second kappa shape index (κ2) is 6.02. The van der Waals surface area contributed by atoms with E-state index in [4.69, 9.17) is 4.74 Å². The molecule has 0 aliphatic carbocycles. The van der Waals surface area contributed by atoms with Gasteiger partial charge in [-0.1, -0.05) is 13.8 Å². The van der Waals surface area contributed by atoms with Crippen molar-refractivity contribution in [3.63, 3.8) is 0 Å². The average Bonchev–Trinajstić information content (AvgIpc) is 2.64. The zero-order valence-electron chi connectivity index (χ0n) is 9.21. The van der Waals surface area contributed by atoms with Crippen LogP contribution in [0.2, 0.25) is 0 Å². The zero-order chi connectivity index (χ0) is 10.4. The molecule has 3 heteroatoms. The van der Waals surface area contributed by atoms with Crippen molar-refractivity contribution in [1.29, 1.82) is 0 Å². The van der Waals surface area contributed by atoms with Crippen LogP contribution in [0.15, 0.2) is 0 Å². The quantitative estimate of drug-likeness (QED) is 0.541. The molecule has 1 rings (SSSR count). The van der Waals surface area contributed by atoms with Crippen molar-refractivity contribution in [3.8, 4) is 0 Å². The molecule has 0 aromatic carbocycles. The maximum Gasteiger partial charge on any atom is 0.323 e. The van der Waals surface area contributed by atoms with Gasteiger partial charge >= 0.3 is 5.97 Å². The molecule has 0 saturated carbocycles. The van der Waals surface area contributed by atoms with Crippen LogP contribution in [0.1, 0.15) is 39.5 Å². The summed E-state index contributed by atoms with van der Waals surface area (Å²) < 4.78 is 5.17. The molecule has 1 aliphatic heterocycles. The van der Waals surface area contributed by atoms with Gasteiger partial charge in [0, 0.05) is 0 Å². The predicted octanol–water partition coefficient (Wildman–Crippen LogP) is 1.72. The topological polar surface area (TPSA) is 38.3 Å². The highest BCUT2D eigenvalue weighted by Gasteiger charge is 2.22. The molecule has 82 valence electrons. The van der Waals surface area contributed by atoms with Gasteiger partial charge in [0.15, 0.2) is 0 Å². The van der Waals surface area contributed by atoms with Gasteiger partial charge in [0.1, 0.15) is 6.04 Å². The van der Waals surface area contributed by atoms with E-state index < -0.39 is 0 Å². The zero-order valence-corrected chi connectivity index (χ0v) is 9.21. The highest BCUT2D eigenvalue weighted by Crippen LogP contribution is 2.08. The van der Waals surface area contributed by atoms with Crippen LogP contribution >= 0.6 is 0 Å². The standard InChI is InChI=1S/C11H21NO2/c1-9(2)5-4-8-14-11(13)10-6-3-7-12-10/h9-10,12H,3-8H2,1-2H3/t10-/m1/s1. The minimum absolute atomic E-state index is 0.0333. The minimum Gasteiger partial charge on any atom is -0.465 e. The summed E-state index contributed by atoms with van der Waals surface area (Å²) in [6.07, 6.45) is 4.14. The van der Waals surface area contributed by atoms with Gasteiger partial charge in [0.05, 0.1) is 6.61 Å². The Hall–Kier alpha value is -0.570. The predicted molar refractivity (Wildman–Crippen MR) is 56.1 cm³/mol. The molecule has 3 nitrogen and oxygen atoms in total. The molecule has 1 aliphatic rings. The van der Waals surface area contributed by atoms with Gasteiger partial charge in [0.25, 0.3) is 0 Å². The largest absolute Gasteiger partial charge is 0.465 e. The van der Waals surface area contributed by atoms with Gasteiger partial charge in [-0.2, -0.15) is 0 Å². The molecule has 0 spiro atoms. The van der Waals surface area contributed by atoms with Crippen LogP contribution in [0, 0.1) is 5.92 Å². The summed E-state index contributed by atoms with van der Waals surface area (Å²) in [4.78, 5) is 11.4. The first-order chi connectivity index (χ1) is 6.70. The van der Waals surface area contributed by atoms with Crippen LogP contribution < -0.4 is 5.32 Å². The lowest BCUT2D eigenvalue weighted by Crippen LogP contribution is -2.32. The Balaban J connectivity index is 2.03. The number of ether oxygens (including phenoxy) is 1. The molecule has 1 saturated heterocycles. The van der Waals surface area contributed by atoms with Crippen molar-refractivity contribution >= 4 is 5.97 Å². The molecular weight excluding hydrogens is 178 g/mol. The molecular formula is C11H21NO2. The molecule has 0 aromatic heterocycles. The average molecular weight is 199 g/mol. The normalized spacial score (nSPS) is 21.5. The van der Waals surface area contributed by atoms with Crippen LogP contribution in [0.4, 0.5) is 0 Å². The fraction of sp³-hybridized carbons (Fsp3) is 0.909. The van der Waals surface area contributed by atoms with Crippen LogP contribution in [0.5, 0.6) is 0 Å². The van der Waals surface area contributed by atoms with Gasteiger partial charge in [-0.3, -0.25) is 4.79 Å². The van der Waals surface area contributed by atoms with Crippen molar-refractivity contribution < 1.29 is 9.53 Å². The lowest BCUT2D eigenvalue weighted by atomic mass is 10.1. The molecule has 0 radical (unpaired) electrons. The van der Waals surface area contributed by atoms with Crippen LogP contribution in [-0.2, 0) is 9.53 Å². The highest BCUT2D eigenvalue weighted by molar-refractivity contribution is 5.76. The third kappa shape index (κ3) is 4.09. The molecule has 14 heavy (non-hydrogen) atoms. The van der Waals surface area contributed by atoms with Crippen LogP contribution in [0.3, 0.4) is 0 Å². The first-order valence-corrected chi connectivity index (χ1v) is 5.60. The van der Waals surface area contributed by atoms with E-state index in [0.717, 1.165) is 32.2 Å². The summed E-state index contributed by atoms with van der Waals surface area (Å²) in [5, 5.41) is 3.13. The number of carbonyl (C=O) groups is 1. The number of hydrogen-bond donors (Lipinski definition) is 1. The summed E-state index contributed by atoms with van der Waals surface area (Å²) in [6.45, 7) is 5.89. The molecule has 1 heterocycles. The summed E-state index contributed by atoms with van der Waals surface area (Å²) >= 11 is 0. The number of hydrogen-bond acceptors (Lipinski definition) is 3. The number of carbonyl (C=O) groups excluding carboxylic acids is 1. The van der Waals surface area contributed by atoms with E-state index in [9.17, 15) is 4.79 Å². The van der Waals surface area contributed by atoms with E-state index in [1.54, 1.807) is 0 Å². The van der Waals surface area contributed by atoms with E-state index in [1.165, 1.54) is 0 Å². The second-order valence-electron chi connectivity index (χ2n) is 4.35. The molecule has 1 fully saturated rings. The molecule has 0 aromatic rings. The smallest absolute Gasteiger partial charge is 0.323 e. The van der Waals surface area contributed by atoms with E-state index >= 15 is 0 Å². The molecule has 1 N–H and O–H groups in total. The van der Waals surface area contributed by atoms with Crippen molar-refractivity contribution in [3.05, 3.63) is 0 Å². The Labute approximate surface area is 86.2 Å². The van der Waals surface area contributed by atoms with Gasteiger partial charge in [-0.15, -0.1) is 0 Å². The van der Waals surface area contributed by atoms with Gasteiger partial charge in [-0.05, 0) is 38.1 Å². The summed E-state index contributed by atoms with van der Waals surface area (Å²) in [6, 6.07) is -0.0333. The second-order valence-corrected chi connectivity index (χ2v) is 4.35. The summed E-state index contributed by atoms with van der Waals surface area (Å²) in [7, 11) is 0. The Morgan fingerprint density at radius 3 is 2.93 bits per heavy atom. The number of esters is 1. The van der Waals surface area contributed by atoms with E-state index in [0.29, 0.717) is 12.5 Å². The Kier molecular flexibility index (Phi) is 4.94. The molecule has 1 atom stereocenters. The SMILES string of the molecule is CC(C)CCCOC(=O)[C@H]1CCCN1. The highest BCUT2D eigenvalue weighted by atomic mass is 16.5. The van der Waals surface area contributed by atoms with Gasteiger partial charge < -0.3 is 10.1 Å². The lowest BCUT2D eigenvalue weighted by molar-refractivity contribution is -0.145. The fourth-order valence-electron chi connectivity index (χ4n) is 1.65. The van der Waals surface area contributed by atoms with E-state index in [-0.39, 0.29) is 12.0 Å². The lowest BCUT2D eigenvalue weighted by Gasteiger charge is -2.10. The third-order valence-electron chi connectivity index (χ3n) is 2.51. The first-order valence-electron chi connectivity index (χ1n) is 5.60. The Morgan fingerprint density at radius 1 is 1.57 bits per heavy atom. The number of rotatable bonds is 5. The first kappa shape index (κ1) is 11.5. The maximum atomic E-state index is 11.4. The maximum absolute atomic E-state index is 11.4. The van der Waals surface area contributed by atoms with Crippen LogP contribution in [0.25, 0.3) is 0 Å². The van der Waals surface area contributed by atoms with Gasteiger partial charge in [0.2, 0.25) is 0 Å². The summed E-state index contributed by atoms with van der Waals surface area (Å²) in [5.41, 5.74) is 0. The monoisotopic (exact) mass is 199 g/mol. The third-order valence-corrected chi connectivity index (χ3v) is 2.51. The Morgan fingerprint density at radius 2 is 2.36 bits per heavy atom. The molecule has 0 bridgehead atoms. The van der Waals surface area contributed by atoms with Crippen molar-refractivity contribution in [1.82, 2.24) is 5.32 Å². The van der Waals surface area contributed by atoms with E-state index in [1.807, 2.05) is 0 Å². The van der Waals surface area contributed by atoms with E-state index in [2.05, 4.69) is 19.2 Å².